The Morgan fingerprint density at radius 2 is 1.70 bits per heavy atom. The van der Waals surface area contributed by atoms with E-state index in [-0.39, 0.29) is 10.8 Å². The molecule has 9 heteroatoms. The summed E-state index contributed by atoms with van der Waals surface area (Å²) in [6.07, 6.45) is 0. The number of azo groups is 1. The number of hydrogen-bond acceptors (Lipinski definition) is 6. The third-order valence-corrected chi connectivity index (χ3v) is 4.61. The molecule has 0 saturated heterocycles. The summed E-state index contributed by atoms with van der Waals surface area (Å²) in [5.74, 6) is -0.165. The van der Waals surface area contributed by atoms with Gasteiger partial charge in [0.2, 0.25) is 5.91 Å². The van der Waals surface area contributed by atoms with E-state index < -0.39 is 10.1 Å². The van der Waals surface area contributed by atoms with E-state index in [0.29, 0.717) is 33.5 Å². The Kier molecular flexibility index (Phi) is 4.89. The van der Waals surface area contributed by atoms with Crippen molar-refractivity contribution < 1.29 is 17.8 Å². The highest BCUT2D eigenvalue weighted by Crippen LogP contribution is 2.33. The van der Waals surface area contributed by atoms with Crippen molar-refractivity contribution in [3.63, 3.8) is 0 Å². The fourth-order valence-corrected chi connectivity index (χ4v) is 3.01. The van der Waals surface area contributed by atoms with Gasteiger partial charge >= 0.3 is 0 Å². The largest absolute Gasteiger partial charge is 0.398 e. The molecule has 0 aliphatic rings. The summed E-state index contributed by atoms with van der Waals surface area (Å²) < 4.78 is 31.8. The number of anilines is 2. The zero-order valence-corrected chi connectivity index (χ0v) is 15.1. The second-order valence-electron chi connectivity index (χ2n) is 5.78. The highest BCUT2D eigenvalue weighted by molar-refractivity contribution is 7.85. The summed E-state index contributed by atoms with van der Waals surface area (Å²) >= 11 is 0. The van der Waals surface area contributed by atoms with Crippen molar-refractivity contribution in [3.8, 4) is 0 Å². The van der Waals surface area contributed by atoms with Crippen molar-refractivity contribution in [2.24, 2.45) is 10.2 Å². The Morgan fingerprint density at radius 1 is 1.00 bits per heavy atom. The van der Waals surface area contributed by atoms with Gasteiger partial charge in [-0.3, -0.25) is 9.35 Å². The van der Waals surface area contributed by atoms with Crippen LogP contribution in [0.15, 0.2) is 69.7 Å². The van der Waals surface area contributed by atoms with Gasteiger partial charge < -0.3 is 11.1 Å². The Balaban J connectivity index is 1.96. The van der Waals surface area contributed by atoms with Crippen LogP contribution in [0.2, 0.25) is 0 Å². The summed E-state index contributed by atoms with van der Waals surface area (Å²) in [6.45, 7) is 1.42. The summed E-state index contributed by atoms with van der Waals surface area (Å²) in [5.41, 5.74) is 7.99. The molecule has 1 amide bonds. The van der Waals surface area contributed by atoms with Crippen LogP contribution < -0.4 is 11.1 Å². The van der Waals surface area contributed by atoms with Gasteiger partial charge in [0.1, 0.15) is 0 Å². The number of nitrogen functional groups attached to an aromatic ring is 1. The van der Waals surface area contributed by atoms with E-state index in [0.717, 1.165) is 0 Å². The predicted molar refractivity (Wildman–Crippen MR) is 103 cm³/mol. The molecule has 0 radical (unpaired) electrons. The number of nitrogens with zero attached hydrogens (tertiary/aromatic N) is 2. The summed E-state index contributed by atoms with van der Waals surface area (Å²) in [4.78, 5) is 10.8. The zero-order valence-electron chi connectivity index (χ0n) is 14.2. The molecular formula is C18H16N4O4S. The molecule has 0 spiro atoms. The van der Waals surface area contributed by atoms with Crippen LogP contribution in [0.1, 0.15) is 6.92 Å². The molecule has 0 bridgehead atoms. The lowest BCUT2D eigenvalue weighted by atomic mass is 10.1. The minimum absolute atomic E-state index is 0.165. The molecule has 8 nitrogen and oxygen atoms in total. The van der Waals surface area contributed by atoms with Gasteiger partial charge in [-0.05, 0) is 48.5 Å². The van der Waals surface area contributed by atoms with Crippen LogP contribution in [-0.2, 0) is 14.9 Å². The van der Waals surface area contributed by atoms with E-state index in [9.17, 15) is 17.8 Å². The number of carbonyl (C=O) groups is 1. The third kappa shape index (κ3) is 4.27. The molecule has 3 aromatic carbocycles. The van der Waals surface area contributed by atoms with E-state index in [2.05, 4.69) is 15.5 Å². The predicted octanol–water partition coefficient (Wildman–Crippen LogP) is 4.04. The van der Waals surface area contributed by atoms with Crippen molar-refractivity contribution >= 4 is 49.5 Å². The number of hydrogen-bond donors (Lipinski definition) is 3. The molecule has 0 aliphatic heterocycles. The molecule has 27 heavy (non-hydrogen) atoms. The topological polar surface area (TPSA) is 134 Å². The molecule has 0 atom stereocenters. The van der Waals surface area contributed by atoms with Crippen molar-refractivity contribution in [2.75, 3.05) is 11.1 Å². The van der Waals surface area contributed by atoms with Gasteiger partial charge in [-0.1, -0.05) is 6.07 Å². The van der Waals surface area contributed by atoms with Crippen LogP contribution in [0.25, 0.3) is 10.8 Å². The summed E-state index contributed by atoms with van der Waals surface area (Å²) in [6, 6.07) is 14.1. The van der Waals surface area contributed by atoms with E-state index in [1.165, 1.54) is 25.1 Å². The van der Waals surface area contributed by atoms with Crippen molar-refractivity contribution in [2.45, 2.75) is 11.8 Å². The van der Waals surface area contributed by atoms with E-state index in [1.807, 2.05) is 0 Å². The first-order valence-corrected chi connectivity index (χ1v) is 9.27. The van der Waals surface area contributed by atoms with Crippen LogP contribution >= 0.6 is 0 Å². The standard InChI is InChI=1S/C18H16N4O4S/c1-11(23)20-12-2-4-13(5-3-12)21-22-18-9-8-17(19)16-10-14(27(24,25)26)6-7-15(16)18/h2-10H,19H2,1H3,(H,20,23)(H,24,25,26)/b22-21+. The Morgan fingerprint density at radius 3 is 2.33 bits per heavy atom. The highest BCUT2D eigenvalue weighted by Gasteiger charge is 2.12. The number of amides is 1. The highest BCUT2D eigenvalue weighted by atomic mass is 32.2. The number of rotatable bonds is 4. The van der Waals surface area contributed by atoms with E-state index in [1.54, 1.807) is 36.4 Å². The van der Waals surface area contributed by atoms with Gasteiger partial charge in [0.25, 0.3) is 10.1 Å². The molecule has 3 aromatic rings. The molecule has 0 aliphatic carbocycles. The second kappa shape index (κ2) is 7.14. The molecule has 0 aromatic heterocycles. The first kappa shape index (κ1) is 18.5. The average molecular weight is 384 g/mol. The first-order valence-electron chi connectivity index (χ1n) is 7.83. The number of benzene rings is 3. The third-order valence-electron chi connectivity index (χ3n) is 3.76. The van der Waals surface area contributed by atoms with Crippen molar-refractivity contribution in [1.29, 1.82) is 0 Å². The maximum Gasteiger partial charge on any atom is 0.294 e. The maximum atomic E-state index is 11.3. The fourth-order valence-electron chi connectivity index (χ4n) is 2.51. The number of nitrogens with one attached hydrogen (secondary N) is 1. The fraction of sp³-hybridized carbons (Fsp3) is 0.0556. The second-order valence-corrected chi connectivity index (χ2v) is 7.21. The van der Waals surface area contributed by atoms with Crippen LogP contribution in [0.5, 0.6) is 0 Å². The van der Waals surface area contributed by atoms with Gasteiger partial charge in [0.15, 0.2) is 0 Å². The van der Waals surface area contributed by atoms with Crippen molar-refractivity contribution in [3.05, 3.63) is 54.6 Å². The number of nitrogens with two attached hydrogens (primary N) is 1. The minimum Gasteiger partial charge on any atom is -0.398 e. The maximum absolute atomic E-state index is 11.3. The first-order chi connectivity index (χ1) is 12.7. The van der Waals surface area contributed by atoms with Crippen LogP contribution in [-0.4, -0.2) is 18.9 Å². The van der Waals surface area contributed by atoms with Crippen LogP contribution in [0, 0.1) is 0 Å². The van der Waals surface area contributed by atoms with Crippen molar-refractivity contribution in [1.82, 2.24) is 0 Å². The van der Waals surface area contributed by atoms with Gasteiger partial charge in [-0.2, -0.15) is 13.5 Å². The molecule has 0 fully saturated rings. The molecule has 4 N–H and O–H groups in total. The SMILES string of the molecule is CC(=O)Nc1ccc(/N=N/c2ccc(N)c3cc(S(=O)(=O)O)ccc23)cc1. The molecule has 0 unspecified atom stereocenters. The smallest absolute Gasteiger partial charge is 0.294 e. The van der Waals surface area contributed by atoms with Crippen LogP contribution in [0.3, 0.4) is 0 Å². The monoisotopic (exact) mass is 384 g/mol. The van der Waals surface area contributed by atoms with Gasteiger partial charge in [-0.25, -0.2) is 0 Å². The Hall–Kier alpha value is -3.30. The van der Waals surface area contributed by atoms with Crippen LogP contribution in [0.4, 0.5) is 22.7 Å². The quantitative estimate of drug-likeness (QED) is 0.354. The molecule has 3 rings (SSSR count). The van der Waals surface area contributed by atoms with Gasteiger partial charge in [0.05, 0.1) is 16.3 Å². The lowest BCUT2D eigenvalue weighted by Gasteiger charge is -2.06. The molecule has 0 heterocycles. The minimum atomic E-state index is -4.33. The lowest BCUT2D eigenvalue weighted by Crippen LogP contribution is -2.04. The Bertz CT molecular complexity index is 1160. The zero-order chi connectivity index (χ0) is 19.6. The average Bonchev–Trinajstić information content (AvgIpc) is 2.61. The normalized spacial score (nSPS) is 11.8. The number of fused-ring (bicyclic) bond motifs is 1. The summed E-state index contributed by atoms with van der Waals surface area (Å²) in [7, 11) is -4.33. The lowest BCUT2D eigenvalue weighted by molar-refractivity contribution is -0.114. The summed E-state index contributed by atoms with van der Waals surface area (Å²) in [5, 5.41) is 12.1. The van der Waals surface area contributed by atoms with Gasteiger partial charge in [0, 0.05) is 29.1 Å². The van der Waals surface area contributed by atoms with E-state index >= 15 is 0 Å². The number of carbonyl (C=O) groups excluding carboxylic acids is 1. The molecular weight excluding hydrogens is 368 g/mol. The Labute approximate surface area is 155 Å². The molecule has 138 valence electrons. The van der Waals surface area contributed by atoms with Gasteiger partial charge in [-0.15, -0.1) is 5.11 Å². The molecule has 0 saturated carbocycles. The van der Waals surface area contributed by atoms with E-state index in [4.69, 9.17) is 5.73 Å².